The first-order chi connectivity index (χ1) is 11.5. The summed E-state index contributed by atoms with van der Waals surface area (Å²) in [5, 5.41) is 9.51. The highest BCUT2D eigenvalue weighted by Crippen LogP contribution is 2.43. The van der Waals surface area contributed by atoms with Gasteiger partial charge in [-0.25, -0.2) is 0 Å². The zero-order valence-electron chi connectivity index (χ0n) is 14.9. The number of hydrogen-bond acceptors (Lipinski definition) is 3. The van der Waals surface area contributed by atoms with E-state index in [1.54, 1.807) is 0 Å². The highest BCUT2D eigenvalue weighted by atomic mass is 16.5. The average molecular weight is 329 g/mol. The molecule has 1 aromatic carbocycles. The minimum Gasteiger partial charge on any atom is -0.394 e. The van der Waals surface area contributed by atoms with Gasteiger partial charge < -0.3 is 15.6 Å². The maximum atomic E-state index is 9.51. The standard InChI is InChI=1S/C21H31NO2/c1-15-3-2-8-21(24-15)10-7-17-11-16(4-5-18(17)13-21)19-6-9-20(22,12-19)14-23/h4-5,11,15,19,23H,2-3,6-10,12-14,22H2,1H3. The van der Waals surface area contributed by atoms with Crippen LogP contribution < -0.4 is 5.73 Å². The number of benzene rings is 1. The van der Waals surface area contributed by atoms with Gasteiger partial charge in [-0.1, -0.05) is 18.2 Å². The Hall–Kier alpha value is -0.900. The second-order valence-corrected chi connectivity index (χ2v) is 8.67. The van der Waals surface area contributed by atoms with E-state index in [1.807, 2.05) is 0 Å². The second kappa shape index (κ2) is 6.12. The summed E-state index contributed by atoms with van der Waals surface area (Å²) in [6.07, 6.45) is 10.5. The molecule has 4 atom stereocenters. The zero-order valence-corrected chi connectivity index (χ0v) is 14.9. The summed E-state index contributed by atoms with van der Waals surface area (Å²) in [5.41, 5.74) is 10.4. The number of rotatable bonds is 2. The molecule has 1 spiro atoms. The van der Waals surface area contributed by atoms with Crippen LogP contribution in [0.2, 0.25) is 0 Å². The smallest absolute Gasteiger partial charge is 0.0729 e. The molecule has 3 heteroatoms. The Balaban J connectivity index is 1.52. The van der Waals surface area contributed by atoms with E-state index < -0.39 is 0 Å². The van der Waals surface area contributed by atoms with E-state index in [4.69, 9.17) is 10.5 Å². The van der Waals surface area contributed by atoms with Crippen LogP contribution >= 0.6 is 0 Å². The van der Waals surface area contributed by atoms with Crippen molar-refractivity contribution >= 4 is 0 Å². The molecule has 0 aromatic heterocycles. The van der Waals surface area contributed by atoms with Crippen LogP contribution in [0, 0.1) is 0 Å². The van der Waals surface area contributed by atoms with Crippen molar-refractivity contribution in [2.75, 3.05) is 6.61 Å². The highest BCUT2D eigenvalue weighted by molar-refractivity contribution is 5.38. The van der Waals surface area contributed by atoms with Crippen LogP contribution in [0.3, 0.4) is 0 Å². The molecule has 2 aliphatic carbocycles. The highest BCUT2D eigenvalue weighted by Gasteiger charge is 2.40. The van der Waals surface area contributed by atoms with E-state index in [1.165, 1.54) is 36.0 Å². The van der Waals surface area contributed by atoms with Gasteiger partial charge in [-0.15, -0.1) is 0 Å². The summed E-state index contributed by atoms with van der Waals surface area (Å²) in [4.78, 5) is 0. The van der Waals surface area contributed by atoms with Crippen LogP contribution in [0.5, 0.6) is 0 Å². The summed E-state index contributed by atoms with van der Waals surface area (Å²) in [6, 6.07) is 7.06. The van der Waals surface area contributed by atoms with Crippen LogP contribution in [-0.2, 0) is 17.6 Å². The van der Waals surface area contributed by atoms with Gasteiger partial charge in [-0.3, -0.25) is 0 Å². The monoisotopic (exact) mass is 329 g/mol. The lowest BCUT2D eigenvalue weighted by Gasteiger charge is -2.43. The molecule has 0 radical (unpaired) electrons. The molecule has 1 aliphatic heterocycles. The summed E-state index contributed by atoms with van der Waals surface area (Å²) in [6.45, 7) is 2.33. The van der Waals surface area contributed by atoms with Crippen molar-refractivity contribution in [3.63, 3.8) is 0 Å². The topological polar surface area (TPSA) is 55.5 Å². The van der Waals surface area contributed by atoms with Gasteiger partial charge in [0, 0.05) is 12.0 Å². The molecule has 3 N–H and O–H groups in total. The van der Waals surface area contributed by atoms with Crippen molar-refractivity contribution in [1.29, 1.82) is 0 Å². The van der Waals surface area contributed by atoms with Gasteiger partial charge in [0.2, 0.25) is 0 Å². The summed E-state index contributed by atoms with van der Waals surface area (Å²) < 4.78 is 6.40. The minimum atomic E-state index is -0.364. The fraction of sp³-hybridized carbons (Fsp3) is 0.714. The molecule has 2 fully saturated rings. The Kier molecular flexibility index (Phi) is 4.22. The summed E-state index contributed by atoms with van der Waals surface area (Å²) in [5.74, 6) is 0.509. The van der Waals surface area contributed by atoms with E-state index in [2.05, 4.69) is 25.1 Å². The molecule has 1 aromatic rings. The van der Waals surface area contributed by atoms with Crippen molar-refractivity contribution in [2.24, 2.45) is 5.73 Å². The van der Waals surface area contributed by atoms with E-state index in [0.717, 1.165) is 38.5 Å². The van der Waals surface area contributed by atoms with E-state index in [-0.39, 0.29) is 17.7 Å². The molecule has 3 nitrogen and oxygen atoms in total. The van der Waals surface area contributed by atoms with Crippen LogP contribution in [0.4, 0.5) is 0 Å². The third kappa shape index (κ3) is 3.02. The lowest BCUT2D eigenvalue weighted by molar-refractivity contribution is -0.127. The maximum absolute atomic E-state index is 9.51. The first-order valence-electron chi connectivity index (χ1n) is 9.70. The van der Waals surface area contributed by atoms with Crippen molar-refractivity contribution in [3.05, 3.63) is 34.9 Å². The number of ether oxygens (including phenoxy) is 1. The molecule has 1 saturated heterocycles. The Bertz CT molecular complexity index is 616. The number of aliphatic hydroxyl groups excluding tert-OH is 1. The maximum Gasteiger partial charge on any atom is 0.0729 e. The molecular formula is C21H31NO2. The predicted octanol–water partition coefficient (Wildman–Crippen LogP) is 3.46. The van der Waals surface area contributed by atoms with Crippen molar-refractivity contribution < 1.29 is 9.84 Å². The van der Waals surface area contributed by atoms with Crippen molar-refractivity contribution in [3.8, 4) is 0 Å². The normalized spacial score (nSPS) is 39.1. The fourth-order valence-electron chi connectivity index (χ4n) is 5.26. The molecule has 0 bridgehead atoms. The predicted molar refractivity (Wildman–Crippen MR) is 96.2 cm³/mol. The number of fused-ring (bicyclic) bond motifs is 1. The SMILES string of the molecule is CC1CCCC2(CCc3cc(C4CCC(N)(CO)C4)ccc3C2)O1. The molecule has 0 amide bonds. The van der Waals surface area contributed by atoms with Crippen LogP contribution in [0.15, 0.2) is 18.2 Å². The third-order valence-electron chi connectivity index (χ3n) is 6.72. The van der Waals surface area contributed by atoms with E-state index in [9.17, 15) is 5.11 Å². The van der Waals surface area contributed by atoms with Gasteiger partial charge >= 0.3 is 0 Å². The van der Waals surface area contributed by atoms with Crippen LogP contribution in [0.25, 0.3) is 0 Å². The number of hydrogen-bond donors (Lipinski definition) is 2. The number of aryl methyl sites for hydroxylation is 1. The Morgan fingerprint density at radius 2 is 2.08 bits per heavy atom. The molecule has 132 valence electrons. The van der Waals surface area contributed by atoms with Gasteiger partial charge in [0.1, 0.15) is 0 Å². The minimum absolute atomic E-state index is 0.100. The number of aliphatic hydroxyl groups is 1. The van der Waals surface area contributed by atoms with Gasteiger partial charge in [0.05, 0.1) is 18.3 Å². The molecular weight excluding hydrogens is 298 g/mol. The molecule has 24 heavy (non-hydrogen) atoms. The van der Waals surface area contributed by atoms with Gasteiger partial charge in [0.15, 0.2) is 0 Å². The first kappa shape index (κ1) is 16.6. The van der Waals surface area contributed by atoms with Gasteiger partial charge in [-0.05, 0) is 80.9 Å². The fourth-order valence-corrected chi connectivity index (χ4v) is 5.26. The largest absolute Gasteiger partial charge is 0.394 e. The summed E-state index contributed by atoms with van der Waals surface area (Å²) in [7, 11) is 0. The Morgan fingerprint density at radius 1 is 1.21 bits per heavy atom. The van der Waals surface area contributed by atoms with E-state index >= 15 is 0 Å². The van der Waals surface area contributed by atoms with E-state index in [0.29, 0.717) is 12.0 Å². The number of nitrogens with two attached hydrogens (primary N) is 1. The van der Waals surface area contributed by atoms with Gasteiger partial charge in [0.25, 0.3) is 0 Å². The van der Waals surface area contributed by atoms with Crippen molar-refractivity contribution in [2.45, 2.75) is 87.9 Å². The second-order valence-electron chi connectivity index (χ2n) is 8.67. The van der Waals surface area contributed by atoms with Crippen molar-refractivity contribution in [1.82, 2.24) is 0 Å². The zero-order chi connectivity index (χ0) is 16.8. The van der Waals surface area contributed by atoms with Gasteiger partial charge in [-0.2, -0.15) is 0 Å². The molecule has 4 unspecified atom stereocenters. The third-order valence-corrected chi connectivity index (χ3v) is 6.72. The van der Waals surface area contributed by atoms with Crippen LogP contribution in [-0.4, -0.2) is 29.0 Å². The molecule has 3 aliphatic rings. The van der Waals surface area contributed by atoms with Crippen LogP contribution in [0.1, 0.15) is 74.5 Å². The Labute approximate surface area is 145 Å². The molecule has 1 heterocycles. The first-order valence-corrected chi connectivity index (χ1v) is 9.70. The summed E-state index contributed by atoms with van der Waals surface area (Å²) >= 11 is 0. The Morgan fingerprint density at radius 3 is 2.83 bits per heavy atom. The molecule has 4 rings (SSSR count). The lowest BCUT2D eigenvalue weighted by atomic mass is 9.75. The lowest BCUT2D eigenvalue weighted by Crippen LogP contribution is -2.44. The quantitative estimate of drug-likeness (QED) is 0.873. The average Bonchev–Trinajstić information content (AvgIpc) is 2.97. The molecule has 1 saturated carbocycles.